The minimum absolute atomic E-state index is 0.0230. The van der Waals surface area contributed by atoms with Gasteiger partial charge in [-0.1, -0.05) is 84.9 Å². The van der Waals surface area contributed by atoms with Crippen LogP contribution in [0.2, 0.25) is 0 Å². The van der Waals surface area contributed by atoms with Crippen molar-refractivity contribution in [3.05, 3.63) is 179 Å². The van der Waals surface area contributed by atoms with Crippen LogP contribution in [0.15, 0.2) is 146 Å². The molecule has 1 unspecified atom stereocenters. The number of nitrogen functional groups attached to an aromatic ring is 4. The Bertz CT molecular complexity index is 3740. The molecule has 0 spiro atoms. The van der Waals surface area contributed by atoms with E-state index in [4.69, 9.17) is 27.7 Å². The summed E-state index contributed by atoms with van der Waals surface area (Å²) in [6, 6.07) is 40.2. The fourth-order valence-corrected chi connectivity index (χ4v) is 9.17. The number of aliphatic hydroxyl groups excluding tert-OH is 1. The summed E-state index contributed by atoms with van der Waals surface area (Å²) < 4.78 is 9.36. The lowest BCUT2D eigenvalue weighted by Crippen LogP contribution is -2.48. The molecule has 0 aliphatic carbocycles. The first-order valence-corrected chi connectivity index (χ1v) is 33.2. The Kier molecular flexibility index (Phi) is 36.3. The van der Waals surface area contributed by atoms with Crippen molar-refractivity contribution >= 4 is 93.7 Å². The molecule has 9 rings (SSSR count). The zero-order valence-electron chi connectivity index (χ0n) is 57.7. The number of nitrogens with one attached hydrogen (secondary N) is 12. The maximum Gasteiger partial charge on any atom is 0.325 e. The van der Waals surface area contributed by atoms with E-state index in [1.165, 1.54) is 0 Å². The SMILES string of the molecule is CCOC(=O)CNC(=O)NCc1ccc(N)nc1.CCOC(=O)CNC(=O)NCc1nc2ccccc2[nH]1.Nc1ccc(CNC(=O)NCC(=O)N2CCCC(O)C2)cc1.Nc1ccc(CNC(=O)NCC(=O)N2CCCC2)cc1.Nc1ccc(CNC(=O)NCC(=O)NCc2ccccc2)cc1. The Balaban J connectivity index is 0.000000232. The number of aromatic nitrogens is 3. The number of para-hydroxylation sites is 2. The van der Waals surface area contributed by atoms with Crippen molar-refractivity contribution in [2.24, 2.45) is 0 Å². The Morgan fingerprint density at radius 3 is 1.30 bits per heavy atom. The largest absolute Gasteiger partial charge is 0.465 e. The number of piperidine rings is 1. The standard InChI is InChI=1S/C17H20N4O2.C15H22N4O3.C14H20N4O2.C13H16N4O3.C11H16N4O3/c18-15-8-6-14(7-9-15)11-20-17(23)21-12-16(22)19-10-13-4-2-1-3-5-13;16-12-5-3-11(4-6-12)8-17-15(22)18-9-14(21)19-7-1-2-13(20)10-19;15-12-5-3-11(4-6-12)9-16-14(20)17-10-13(19)18-7-1-2-8-18;1-2-20-12(18)8-15-13(19)14-7-11-16-9-5-3-4-6-10(9)17-11;1-2-18-10(16)7-15-11(17)14-6-8-3-4-9(12)13-5-8/h1-9H,10-12,18H2,(H,19,22)(H2,20,21,23);3-6,13,20H,1-2,7-10,16H2,(H2,17,18,22);3-6H,1-2,7-10,15H2,(H2,16,17,20);3-6H,2,7-8H2,1H3,(H,16,17)(H2,14,15,19);3-5H,2,6-7H2,1H3,(H2,12,13)(H2,14,15,17). The molecule has 13 amide bonds. The van der Waals surface area contributed by atoms with Gasteiger partial charge >= 0.3 is 42.1 Å². The van der Waals surface area contributed by atoms with Crippen molar-refractivity contribution in [1.82, 2.24) is 83.2 Å². The van der Waals surface area contributed by atoms with Crippen LogP contribution >= 0.6 is 0 Å². The summed E-state index contributed by atoms with van der Waals surface area (Å²) in [4.78, 5) is 130. The lowest BCUT2D eigenvalue weighted by atomic mass is 10.1. The van der Waals surface area contributed by atoms with E-state index in [2.05, 4.69) is 78.2 Å². The molecule has 2 aliphatic heterocycles. The van der Waals surface area contributed by atoms with Crippen LogP contribution in [0, 0.1) is 0 Å². The predicted molar refractivity (Wildman–Crippen MR) is 388 cm³/mol. The lowest BCUT2D eigenvalue weighted by Gasteiger charge is -2.30. The van der Waals surface area contributed by atoms with Crippen molar-refractivity contribution in [2.75, 3.05) is 95.1 Å². The van der Waals surface area contributed by atoms with Gasteiger partial charge in [0.05, 0.1) is 56.5 Å². The summed E-state index contributed by atoms with van der Waals surface area (Å²) in [7, 11) is 0. The van der Waals surface area contributed by atoms with E-state index in [1.807, 2.05) is 91.0 Å². The molecule has 33 heteroatoms. The number of esters is 2. The highest BCUT2D eigenvalue weighted by Crippen LogP contribution is 2.13. The molecule has 4 heterocycles. The molecule has 2 aliphatic rings. The predicted octanol–water partition coefficient (Wildman–Crippen LogP) is 3.08. The van der Waals surface area contributed by atoms with Crippen LogP contribution in [-0.4, -0.2) is 168 Å². The number of β-amino-alcohol motifs (C(OH)–C–C–N with tert-alkyl or cyclic N) is 1. The summed E-state index contributed by atoms with van der Waals surface area (Å²) in [5.74, 6) is -0.306. The third-order valence-electron chi connectivity index (χ3n) is 14.6. The zero-order chi connectivity index (χ0) is 74.6. The number of aromatic amines is 1. The number of H-pyrrole nitrogens is 1. The number of benzene rings is 5. The highest BCUT2D eigenvalue weighted by atomic mass is 16.5. The van der Waals surface area contributed by atoms with Crippen LogP contribution in [0.1, 0.15) is 73.2 Å². The van der Waals surface area contributed by atoms with Crippen molar-refractivity contribution in [3.8, 4) is 0 Å². The second kappa shape index (κ2) is 46.0. The van der Waals surface area contributed by atoms with E-state index < -0.39 is 42.2 Å². The second-order valence-electron chi connectivity index (χ2n) is 22.8. The molecule has 21 N–H and O–H groups in total. The topological polar surface area (TPSA) is 494 Å². The van der Waals surface area contributed by atoms with E-state index in [0.717, 1.165) is 77.6 Å². The first-order valence-electron chi connectivity index (χ1n) is 33.2. The number of hydrogen-bond donors (Lipinski definition) is 17. The van der Waals surface area contributed by atoms with Crippen LogP contribution in [0.25, 0.3) is 11.0 Å². The number of nitrogens with two attached hydrogens (primary N) is 4. The minimum atomic E-state index is -0.471. The number of aliphatic hydroxyl groups is 1. The Morgan fingerprint density at radius 1 is 0.447 bits per heavy atom. The van der Waals surface area contributed by atoms with Crippen LogP contribution < -0.4 is 81.4 Å². The van der Waals surface area contributed by atoms with Gasteiger partial charge in [-0.3, -0.25) is 24.0 Å². The molecule has 552 valence electrons. The minimum Gasteiger partial charge on any atom is -0.465 e. The molecule has 2 fully saturated rings. The number of anilines is 4. The number of nitrogens with zero attached hydrogens (tertiary/aromatic N) is 4. The Hall–Kier alpha value is -12.4. The van der Waals surface area contributed by atoms with Gasteiger partial charge in [-0.05, 0) is 122 Å². The van der Waals surface area contributed by atoms with Crippen molar-refractivity contribution < 1.29 is 62.5 Å². The van der Waals surface area contributed by atoms with Gasteiger partial charge in [0.1, 0.15) is 24.7 Å². The molecule has 2 aromatic heterocycles. The molecule has 0 radical (unpaired) electrons. The molecule has 33 nitrogen and oxygen atoms in total. The third kappa shape index (κ3) is 34.8. The number of urea groups is 5. The molecular formula is C70H94N20O13. The van der Waals surface area contributed by atoms with Crippen LogP contribution in [0.3, 0.4) is 0 Å². The molecule has 7 aromatic rings. The summed E-state index contributed by atoms with van der Waals surface area (Å²) in [6.07, 6.45) is 4.72. The third-order valence-corrected chi connectivity index (χ3v) is 14.6. The number of likely N-dealkylation sites (tertiary alicyclic amines) is 2. The van der Waals surface area contributed by atoms with E-state index in [0.29, 0.717) is 87.7 Å². The molecule has 1 atom stereocenters. The maximum absolute atomic E-state index is 11.9. The molecular weight excluding hydrogens is 1330 g/mol. The highest BCUT2D eigenvalue weighted by Gasteiger charge is 2.23. The fraction of sp³-hybridized carbons (Fsp3) is 0.343. The molecule has 2 saturated heterocycles. The maximum atomic E-state index is 11.9. The number of fused-ring (bicyclic) bond motifs is 1. The van der Waals surface area contributed by atoms with Gasteiger partial charge in [0.25, 0.3) is 0 Å². The molecule has 0 bridgehead atoms. The quantitative estimate of drug-likeness (QED) is 0.0305. The number of carbonyl (C=O) groups is 10. The zero-order valence-corrected chi connectivity index (χ0v) is 57.7. The van der Waals surface area contributed by atoms with Crippen molar-refractivity contribution in [1.29, 1.82) is 0 Å². The Morgan fingerprint density at radius 2 is 0.845 bits per heavy atom. The van der Waals surface area contributed by atoms with Gasteiger partial charge in [0, 0.05) is 82.2 Å². The normalized spacial score (nSPS) is 12.4. The molecule has 0 saturated carbocycles. The van der Waals surface area contributed by atoms with E-state index in [1.54, 1.807) is 78.4 Å². The number of imidazole rings is 1. The van der Waals surface area contributed by atoms with Crippen molar-refractivity contribution in [3.63, 3.8) is 0 Å². The van der Waals surface area contributed by atoms with Crippen molar-refractivity contribution in [2.45, 2.75) is 84.9 Å². The highest BCUT2D eigenvalue weighted by molar-refractivity contribution is 5.86. The van der Waals surface area contributed by atoms with Crippen LogP contribution in [0.5, 0.6) is 0 Å². The Labute approximate surface area is 596 Å². The summed E-state index contributed by atoms with van der Waals surface area (Å²) in [6.45, 7) is 8.31. The first kappa shape index (κ1) is 81.3. The number of carbonyl (C=O) groups excluding carboxylic acids is 10. The van der Waals surface area contributed by atoms with Gasteiger partial charge in [0.2, 0.25) is 17.7 Å². The number of rotatable bonds is 24. The molecule has 5 aromatic carbocycles. The van der Waals surface area contributed by atoms with Gasteiger partial charge in [-0.25, -0.2) is 33.9 Å². The van der Waals surface area contributed by atoms with Crippen LogP contribution in [-0.2, 0) is 72.7 Å². The van der Waals surface area contributed by atoms with Crippen LogP contribution in [0.4, 0.5) is 46.9 Å². The number of amides is 13. The van der Waals surface area contributed by atoms with E-state index in [9.17, 15) is 53.1 Å². The summed E-state index contributed by atoms with van der Waals surface area (Å²) in [5, 5.41) is 37.9. The fourth-order valence-electron chi connectivity index (χ4n) is 9.17. The molecule has 103 heavy (non-hydrogen) atoms. The second-order valence-corrected chi connectivity index (χ2v) is 22.8. The van der Waals surface area contributed by atoms with Gasteiger partial charge in [-0.2, -0.15) is 0 Å². The van der Waals surface area contributed by atoms with Gasteiger partial charge < -0.3 is 111 Å². The van der Waals surface area contributed by atoms with E-state index >= 15 is 0 Å². The number of ether oxygens (including phenoxy) is 2. The van der Waals surface area contributed by atoms with Gasteiger partial charge in [0.15, 0.2) is 0 Å². The average molecular weight is 1420 g/mol. The number of hydrogen-bond acceptors (Lipinski definition) is 19. The van der Waals surface area contributed by atoms with Gasteiger partial charge in [-0.15, -0.1) is 0 Å². The number of pyridine rings is 1. The summed E-state index contributed by atoms with van der Waals surface area (Å²) >= 11 is 0. The smallest absolute Gasteiger partial charge is 0.325 e. The van der Waals surface area contributed by atoms with E-state index in [-0.39, 0.29) is 63.0 Å². The average Bonchev–Trinajstić information content (AvgIpc) is 1.71. The lowest BCUT2D eigenvalue weighted by molar-refractivity contribution is -0.142. The summed E-state index contributed by atoms with van der Waals surface area (Å²) in [5.41, 5.74) is 30.6. The first-order chi connectivity index (χ1) is 49.6. The monoisotopic (exact) mass is 1420 g/mol.